The number of hydrogen-bond acceptors (Lipinski definition) is 5. The zero-order valence-electron chi connectivity index (χ0n) is 5.27. The van der Waals surface area contributed by atoms with E-state index in [1.165, 1.54) is 0 Å². The fourth-order valence-electron chi connectivity index (χ4n) is 0.819. The van der Waals surface area contributed by atoms with Gasteiger partial charge in [0, 0.05) is 0 Å². The SMILES string of the molecule is OC[C@@]1(O)[C@H](O)CO[C@@H]1O. The van der Waals surface area contributed by atoms with Crippen molar-refractivity contribution < 1.29 is 25.2 Å². The summed E-state index contributed by atoms with van der Waals surface area (Å²) in [4.78, 5) is 0. The summed E-state index contributed by atoms with van der Waals surface area (Å²) in [6.07, 6.45) is -2.71. The molecule has 0 spiro atoms. The Bertz CT molecular complexity index is 115. The van der Waals surface area contributed by atoms with Crippen molar-refractivity contribution in [3.05, 3.63) is 0 Å². The topological polar surface area (TPSA) is 90.2 Å². The van der Waals surface area contributed by atoms with Gasteiger partial charge in [-0.2, -0.15) is 0 Å². The van der Waals surface area contributed by atoms with Crippen LogP contribution in [0.5, 0.6) is 0 Å². The highest BCUT2D eigenvalue weighted by Gasteiger charge is 2.48. The minimum atomic E-state index is -1.90. The lowest BCUT2D eigenvalue weighted by Gasteiger charge is -2.24. The van der Waals surface area contributed by atoms with E-state index in [1.54, 1.807) is 0 Å². The minimum Gasteiger partial charge on any atom is -0.393 e. The molecular weight excluding hydrogens is 140 g/mol. The minimum absolute atomic E-state index is 0.155. The third kappa shape index (κ3) is 0.920. The van der Waals surface area contributed by atoms with Crippen molar-refractivity contribution in [3.63, 3.8) is 0 Å². The van der Waals surface area contributed by atoms with Crippen LogP contribution < -0.4 is 0 Å². The van der Waals surface area contributed by atoms with E-state index in [0.29, 0.717) is 0 Å². The van der Waals surface area contributed by atoms with Gasteiger partial charge in [-0.25, -0.2) is 0 Å². The molecule has 0 aromatic rings. The third-order valence-electron chi connectivity index (χ3n) is 1.67. The van der Waals surface area contributed by atoms with Crippen molar-refractivity contribution >= 4 is 0 Å². The lowest BCUT2D eigenvalue weighted by Crippen LogP contribution is -2.50. The second-order valence-electron chi connectivity index (χ2n) is 2.35. The zero-order valence-corrected chi connectivity index (χ0v) is 5.27. The van der Waals surface area contributed by atoms with E-state index in [0.717, 1.165) is 0 Å². The van der Waals surface area contributed by atoms with E-state index in [9.17, 15) is 0 Å². The van der Waals surface area contributed by atoms with Gasteiger partial charge < -0.3 is 25.2 Å². The maximum atomic E-state index is 9.16. The Balaban J connectivity index is 2.70. The number of aliphatic hydroxyl groups excluding tert-OH is 3. The summed E-state index contributed by atoms with van der Waals surface area (Å²) in [5, 5.41) is 35.4. The molecule has 0 unspecified atom stereocenters. The van der Waals surface area contributed by atoms with E-state index in [2.05, 4.69) is 4.74 Å². The number of ether oxygens (including phenoxy) is 1. The first-order chi connectivity index (χ1) is 4.61. The second-order valence-corrected chi connectivity index (χ2v) is 2.35. The van der Waals surface area contributed by atoms with E-state index in [4.69, 9.17) is 20.4 Å². The number of rotatable bonds is 1. The molecule has 1 aliphatic heterocycles. The van der Waals surface area contributed by atoms with Crippen LogP contribution in [-0.2, 0) is 4.74 Å². The smallest absolute Gasteiger partial charge is 0.188 e. The van der Waals surface area contributed by atoms with Gasteiger partial charge in [0.15, 0.2) is 11.9 Å². The van der Waals surface area contributed by atoms with Gasteiger partial charge in [0.25, 0.3) is 0 Å². The normalized spacial score (nSPS) is 48.0. The highest BCUT2D eigenvalue weighted by molar-refractivity contribution is 4.93. The van der Waals surface area contributed by atoms with E-state index < -0.39 is 24.6 Å². The summed E-state index contributed by atoms with van der Waals surface area (Å²) in [6, 6.07) is 0. The Kier molecular flexibility index (Phi) is 1.93. The molecule has 0 aliphatic carbocycles. The van der Waals surface area contributed by atoms with Gasteiger partial charge in [0.05, 0.1) is 13.2 Å². The maximum absolute atomic E-state index is 9.16. The predicted molar refractivity (Wildman–Crippen MR) is 30.0 cm³/mol. The Morgan fingerprint density at radius 2 is 2.10 bits per heavy atom. The van der Waals surface area contributed by atoms with Crippen LogP contribution in [0.2, 0.25) is 0 Å². The Morgan fingerprint density at radius 3 is 2.30 bits per heavy atom. The van der Waals surface area contributed by atoms with E-state index in [1.807, 2.05) is 0 Å². The van der Waals surface area contributed by atoms with Crippen LogP contribution in [0.4, 0.5) is 0 Å². The Hall–Kier alpha value is -0.200. The van der Waals surface area contributed by atoms with Gasteiger partial charge in [0.2, 0.25) is 0 Å². The van der Waals surface area contributed by atoms with Crippen LogP contribution >= 0.6 is 0 Å². The molecule has 10 heavy (non-hydrogen) atoms. The molecule has 0 radical (unpaired) electrons. The first-order valence-electron chi connectivity index (χ1n) is 2.92. The van der Waals surface area contributed by atoms with Crippen LogP contribution in [-0.4, -0.2) is 51.6 Å². The first kappa shape index (κ1) is 7.90. The lowest BCUT2D eigenvalue weighted by molar-refractivity contribution is -0.187. The molecule has 5 nitrogen and oxygen atoms in total. The van der Waals surface area contributed by atoms with Crippen molar-refractivity contribution in [1.29, 1.82) is 0 Å². The summed E-state index contributed by atoms with van der Waals surface area (Å²) < 4.78 is 4.47. The monoisotopic (exact) mass is 150 g/mol. The molecule has 0 aromatic heterocycles. The molecule has 0 saturated carbocycles. The summed E-state index contributed by atoms with van der Waals surface area (Å²) in [5.74, 6) is 0. The summed E-state index contributed by atoms with van der Waals surface area (Å²) in [7, 11) is 0. The summed E-state index contributed by atoms with van der Waals surface area (Å²) in [6.45, 7) is -0.867. The molecular formula is C5H10O5. The van der Waals surface area contributed by atoms with Crippen molar-refractivity contribution in [3.8, 4) is 0 Å². The number of aliphatic hydroxyl groups is 4. The van der Waals surface area contributed by atoms with E-state index >= 15 is 0 Å². The molecule has 0 bridgehead atoms. The van der Waals surface area contributed by atoms with Gasteiger partial charge >= 0.3 is 0 Å². The molecule has 1 aliphatic rings. The van der Waals surface area contributed by atoms with Gasteiger partial charge in [-0.05, 0) is 0 Å². The van der Waals surface area contributed by atoms with Crippen LogP contribution in [0, 0.1) is 0 Å². The van der Waals surface area contributed by atoms with Crippen molar-refractivity contribution in [2.45, 2.75) is 18.0 Å². The Labute approximate surface area is 57.5 Å². The van der Waals surface area contributed by atoms with Gasteiger partial charge in [-0.15, -0.1) is 0 Å². The largest absolute Gasteiger partial charge is 0.393 e. The Morgan fingerprint density at radius 1 is 1.50 bits per heavy atom. The average molecular weight is 150 g/mol. The second kappa shape index (κ2) is 2.44. The maximum Gasteiger partial charge on any atom is 0.188 e. The third-order valence-corrected chi connectivity index (χ3v) is 1.67. The highest BCUT2D eigenvalue weighted by atomic mass is 16.6. The zero-order chi connectivity index (χ0) is 7.78. The lowest BCUT2D eigenvalue weighted by atomic mass is 10.0. The fourth-order valence-corrected chi connectivity index (χ4v) is 0.819. The average Bonchev–Trinajstić information content (AvgIpc) is 2.18. The molecule has 1 heterocycles. The molecule has 60 valence electrons. The van der Waals surface area contributed by atoms with Gasteiger partial charge in [0.1, 0.15) is 6.10 Å². The standard InChI is InChI=1S/C5H10O5/c6-2-5(9)3(7)1-10-4(5)8/h3-4,6-9H,1-2H2/t3-,4+,5-/m1/s1. The van der Waals surface area contributed by atoms with Gasteiger partial charge in [-0.3, -0.25) is 0 Å². The quantitative estimate of drug-likeness (QED) is 0.329. The predicted octanol–water partition coefficient (Wildman–Crippen LogP) is -2.58. The molecule has 1 fully saturated rings. The van der Waals surface area contributed by atoms with Crippen LogP contribution in [0.25, 0.3) is 0 Å². The molecule has 4 N–H and O–H groups in total. The molecule has 3 atom stereocenters. The molecule has 1 rings (SSSR count). The molecule has 0 aromatic carbocycles. The van der Waals surface area contributed by atoms with Crippen molar-refractivity contribution in [1.82, 2.24) is 0 Å². The number of hydrogen-bond donors (Lipinski definition) is 4. The van der Waals surface area contributed by atoms with Crippen LogP contribution in [0.1, 0.15) is 0 Å². The van der Waals surface area contributed by atoms with Gasteiger partial charge in [-0.1, -0.05) is 0 Å². The molecule has 0 amide bonds. The van der Waals surface area contributed by atoms with Crippen LogP contribution in [0.15, 0.2) is 0 Å². The summed E-state index contributed by atoms with van der Waals surface area (Å²) >= 11 is 0. The van der Waals surface area contributed by atoms with Crippen molar-refractivity contribution in [2.75, 3.05) is 13.2 Å². The summed E-state index contributed by atoms with van der Waals surface area (Å²) in [5.41, 5.74) is -1.90. The molecule has 1 saturated heterocycles. The first-order valence-corrected chi connectivity index (χ1v) is 2.92. The van der Waals surface area contributed by atoms with E-state index in [-0.39, 0.29) is 6.61 Å². The van der Waals surface area contributed by atoms with Crippen molar-refractivity contribution in [2.24, 2.45) is 0 Å². The highest BCUT2D eigenvalue weighted by Crippen LogP contribution is 2.23. The van der Waals surface area contributed by atoms with Crippen LogP contribution in [0.3, 0.4) is 0 Å². The molecule has 5 heteroatoms. The fraction of sp³-hybridized carbons (Fsp3) is 1.00.